The van der Waals surface area contributed by atoms with Crippen LogP contribution in [0.3, 0.4) is 0 Å². The lowest BCUT2D eigenvalue weighted by atomic mass is 10.1. The third kappa shape index (κ3) is 4.23. The first-order valence-corrected chi connectivity index (χ1v) is 7.27. The van der Waals surface area contributed by atoms with Crippen molar-refractivity contribution >= 4 is 17.4 Å². The predicted octanol–water partition coefficient (Wildman–Crippen LogP) is 5.23. The van der Waals surface area contributed by atoms with Crippen LogP contribution in [0, 0.1) is 13.8 Å². The van der Waals surface area contributed by atoms with Crippen molar-refractivity contribution in [2.45, 2.75) is 31.0 Å². The van der Waals surface area contributed by atoms with Crippen molar-refractivity contribution in [1.29, 1.82) is 0 Å². The number of aryl methyl sites for hydroxylation is 2. The number of benzene rings is 2. The van der Waals surface area contributed by atoms with E-state index in [1.165, 1.54) is 11.1 Å². The van der Waals surface area contributed by atoms with E-state index in [2.05, 4.69) is 37.4 Å². The first-order valence-electron chi connectivity index (χ1n) is 6.39. The summed E-state index contributed by atoms with van der Waals surface area (Å²) >= 11 is 0.571. The molecule has 0 aliphatic rings. The van der Waals surface area contributed by atoms with Gasteiger partial charge in [0.1, 0.15) is 0 Å². The summed E-state index contributed by atoms with van der Waals surface area (Å²) in [6, 6.07) is 13.5. The third-order valence-corrected chi connectivity index (χ3v) is 3.66. The zero-order valence-corrected chi connectivity index (χ0v) is 12.3. The second-order valence-electron chi connectivity index (χ2n) is 4.72. The summed E-state index contributed by atoms with van der Waals surface area (Å²) in [5, 5.41) is 3.24. The molecule has 0 amide bonds. The monoisotopic (exact) mass is 293 g/mol. The molecule has 106 valence electrons. The van der Waals surface area contributed by atoms with Gasteiger partial charge in [0.2, 0.25) is 0 Å². The molecule has 1 N–H and O–H groups in total. The van der Waals surface area contributed by atoms with Crippen molar-refractivity contribution in [2.75, 3.05) is 5.32 Å². The Labute approximate surface area is 122 Å². The molecule has 0 aliphatic carbocycles. The van der Waals surface area contributed by atoms with Gasteiger partial charge in [-0.3, -0.25) is 0 Å². The van der Waals surface area contributed by atoms with Crippen LogP contribution in [-0.2, 0) is 6.54 Å². The molecule has 20 heavy (non-hydrogen) atoms. The number of rotatable bonds is 5. The van der Waals surface area contributed by atoms with Crippen molar-refractivity contribution in [3.8, 4) is 0 Å². The van der Waals surface area contributed by atoms with Crippen LogP contribution in [0.5, 0.6) is 0 Å². The SMILES string of the molecule is Cc1cc(C)cc(CNc2ccccc2SC(F)F)c1. The highest BCUT2D eigenvalue weighted by molar-refractivity contribution is 7.99. The van der Waals surface area contributed by atoms with Gasteiger partial charge >= 0.3 is 0 Å². The number of thioether (sulfide) groups is 1. The minimum atomic E-state index is -2.40. The molecular weight excluding hydrogens is 276 g/mol. The van der Waals surface area contributed by atoms with Crippen molar-refractivity contribution < 1.29 is 8.78 Å². The minimum Gasteiger partial charge on any atom is -0.380 e. The zero-order chi connectivity index (χ0) is 14.5. The number of hydrogen-bond acceptors (Lipinski definition) is 2. The Morgan fingerprint density at radius 3 is 2.35 bits per heavy atom. The topological polar surface area (TPSA) is 12.0 Å². The molecule has 0 saturated heterocycles. The van der Waals surface area contributed by atoms with Gasteiger partial charge in [-0.05, 0) is 31.5 Å². The van der Waals surface area contributed by atoms with E-state index in [-0.39, 0.29) is 0 Å². The minimum absolute atomic E-state index is 0.571. The van der Waals surface area contributed by atoms with Gasteiger partial charge < -0.3 is 5.32 Å². The van der Waals surface area contributed by atoms with E-state index in [0.29, 0.717) is 23.2 Å². The van der Waals surface area contributed by atoms with Crippen molar-refractivity contribution in [3.63, 3.8) is 0 Å². The quantitative estimate of drug-likeness (QED) is 0.757. The molecule has 0 saturated carbocycles. The molecule has 2 rings (SSSR count). The highest BCUT2D eigenvalue weighted by Gasteiger charge is 2.09. The van der Waals surface area contributed by atoms with E-state index in [1.807, 2.05) is 12.1 Å². The van der Waals surface area contributed by atoms with Crippen LogP contribution in [0.15, 0.2) is 47.4 Å². The number of anilines is 1. The van der Waals surface area contributed by atoms with E-state index in [1.54, 1.807) is 12.1 Å². The van der Waals surface area contributed by atoms with E-state index in [4.69, 9.17) is 0 Å². The second-order valence-corrected chi connectivity index (χ2v) is 5.76. The normalized spacial score (nSPS) is 10.8. The van der Waals surface area contributed by atoms with E-state index >= 15 is 0 Å². The Morgan fingerprint density at radius 2 is 1.70 bits per heavy atom. The second kappa shape index (κ2) is 6.75. The van der Waals surface area contributed by atoms with Crippen LogP contribution in [0.4, 0.5) is 14.5 Å². The van der Waals surface area contributed by atoms with Crippen LogP contribution in [-0.4, -0.2) is 5.76 Å². The van der Waals surface area contributed by atoms with Crippen LogP contribution in [0.25, 0.3) is 0 Å². The van der Waals surface area contributed by atoms with Gasteiger partial charge in [0.15, 0.2) is 0 Å². The molecule has 0 unspecified atom stereocenters. The molecule has 2 aromatic carbocycles. The van der Waals surface area contributed by atoms with Gasteiger partial charge in [-0.25, -0.2) is 0 Å². The Morgan fingerprint density at radius 1 is 1.05 bits per heavy atom. The van der Waals surface area contributed by atoms with Gasteiger partial charge in [-0.1, -0.05) is 53.2 Å². The molecule has 0 spiro atoms. The number of para-hydroxylation sites is 1. The first kappa shape index (κ1) is 14.9. The zero-order valence-electron chi connectivity index (χ0n) is 11.5. The Bertz CT molecular complexity index is 564. The van der Waals surface area contributed by atoms with E-state index < -0.39 is 5.76 Å². The summed E-state index contributed by atoms with van der Waals surface area (Å²) in [6.07, 6.45) is 0. The first-order chi connectivity index (χ1) is 9.54. The number of halogens is 2. The van der Waals surface area contributed by atoms with E-state index in [0.717, 1.165) is 11.3 Å². The molecule has 4 heteroatoms. The molecule has 0 radical (unpaired) electrons. The Hall–Kier alpha value is -1.55. The van der Waals surface area contributed by atoms with E-state index in [9.17, 15) is 8.78 Å². The van der Waals surface area contributed by atoms with Gasteiger partial charge in [-0.15, -0.1) is 0 Å². The number of alkyl halides is 2. The van der Waals surface area contributed by atoms with Crippen LogP contribution in [0.2, 0.25) is 0 Å². The summed E-state index contributed by atoms with van der Waals surface area (Å²) in [5.74, 6) is -2.40. The summed E-state index contributed by atoms with van der Waals surface area (Å²) in [4.78, 5) is 0.576. The lowest BCUT2D eigenvalue weighted by Crippen LogP contribution is -2.01. The average molecular weight is 293 g/mol. The third-order valence-electron chi connectivity index (χ3n) is 2.87. The van der Waals surface area contributed by atoms with Crippen molar-refractivity contribution in [2.24, 2.45) is 0 Å². The standard InChI is InChI=1S/C16H17F2NS/c1-11-7-12(2)9-13(8-11)10-19-14-5-3-4-6-15(14)20-16(17)18/h3-9,16,19H,10H2,1-2H3. The average Bonchev–Trinajstić information content (AvgIpc) is 2.36. The number of nitrogens with one attached hydrogen (secondary N) is 1. The fraction of sp³-hybridized carbons (Fsp3) is 0.250. The van der Waals surface area contributed by atoms with Gasteiger partial charge in [0, 0.05) is 17.1 Å². The molecule has 2 aromatic rings. The lowest BCUT2D eigenvalue weighted by molar-refractivity contribution is 0.252. The summed E-state index contributed by atoms with van der Waals surface area (Å²) < 4.78 is 25.0. The highest BCUT2D eigenvalue weighted by atomic mass is 32.2. The van der Waals surface area contributed by atoms with Crippen LogP contribution >= 0.6 is 11.8 Å². The Balaban J connectivity index is 2.10. The Kier molecular flexibility index (Phi) is 5.01. The molecule has 0 bridgehead atoms. The molecule has 0 atom stereocenters. The van der Waals surface area contributed by atoms with Gasteiger partial charge in [0.25, 0.3) is 5.76 Å². The summed E-state index contributed by atoms with van der Waals surface area (Å²) in [7, 11) is 0. The molecule has 0 aliphatic heterocycles. The van der Waals surface area contributed by atoms with Gasteiger partial charge in [-0.2, -0.15) is 8.78 Å². The molecule has 0 fully saturated rings. The summed E-state index contributed by atoms with van der Waals surface area (Å²) in [6.45, 7) is 4.73. The maximum Gasteiger partial charge on any atom is 0.288 e. The smallest absolute Gasteiger partial charge is 0.288 e. The van der Waals surface area contributed by atoms with Crippen LogP contribution < -0.4 is 5.32 Å². The van der Waals surface area contributed by atoms with Crippen molar-refractivity contribution in [3.05, 3.63) is 59.2 Å². The molecule has 1 nitrogen and oxygen atoms in total. The fourth-order valence-corrected chi connectivity index (χ4v) is 2.80. The largest absolute Gasteiger partial charge is 0.380 e. The maximum atomic E-state index is 12.5. The number of hydrogen-bond donors (Lipinski definition) is 1. The van der Waals surface area contributed by atoms with Gasteiger partial charge in [0.05, 0.1) is 0 Å². The van der Waals surface area contributed by atoms with Crippen molar-refractivity contribution in [1.82, 2.24) is 0 Å². The molecule has 0 aromatic heterocycles. The predicted molar refractivity (Wildman–Crippen MR) is 81.5 cm³/mol. The molecule has 0 heterocycles. The van der Waals surface area contributed by atoms with Crippen LogP contribution in [0.1, 0.15) is 16.7 Å². The highest BCUT2D eigenvalue weighted by Crippen LogP contribution is 2.31. The lowest BCUT2D eigenvalue weighted by Gasteiger charge is -2.12. The summed E-state index contributed by atoms with van der Waals surface area (Å²) in [5.41, 5.74) is 4.31. The molecular formula is C16H17F2NS. The fourth-order valence-electron chi connectivity index (χ4n) is 2.18. The maximum absolute atomic E-state index is 12.5.